The predicted molar refractivity (Wildman–Crippen MR) is 120 cm³/mol. The third kappa shape index (κ3) is 4.94. The Morgan fingerprint density at radius 1 is 1.06 bits per heavy atom. The molecule has 1 heterocycles. The number of aryl methyl sites for hydroxylation is 1. The fraction of sp³-hybridized carbons (Fsp3) is 0.217. The highest BCUT2D eigenvalue weighted by Gasteiger charge is 2.22. The second-order valence-electron chi connectivity index (χ2n) is 7.40. The fourth-order valence-corrected chi connectivity index (χ4v) is 3.75. The topological polar surface area (TPSA) is 125 Å². The maximum Gasteiger partial charge on any atom is 0.411 e. The molecule has 3 aromatic rings. The summed E-state index contributed by atoms with van der Waals surface area (Å²) in [5, 5.41) is 17.3. The first-order valence-corrected chi connectivity index (χ1v) is 10.2. The van der Waals surface area contributed by atoms with Gasteiger partial charge in [0.15, 0.2) is 0 Å². The molecule has 9 nitrogen and oxygen atoms in total. The zero-order valence-corrected chi connectivity index (χ0v) is 17.5. The van der Waals surface area contributed by atoms with Gasteiger partial charge in [-0.2, -0.15) is 4.98 Å². The van der Waals surface area contributed by atoms with E-state index in [1.54, 1.807) is 19.2 Å². The molecule has 2 aromatic carbocycles. The van der Waals surface area contributed by atoms with Crippen LogP contribution in [0, 0.1) is 0 Å². The van der Waals surface area contributed by atoms with Crippen molar-refractivity contribution in [3.05, 3.63) is 71.4 Å². The number of nitrogens with zero attached hydrogens (tertiary/aromatic N) is 2. The number of amides is 2. The van der Waals surface area contributed by atoms with Gasteiger partial charge in [0.25, 0.3) is 5.91 Å². The molecule has 0 bridgehead atoms. The van der Waals surface area contributed by atoms with Gasteiger partial charge in [-0.05, 0) is 42.5 Å². The molecule has 1 aliphatic carbocycles. The van der Waals surface area contributed by atoms with Gasteiger partial charge < -0.3 is 20.5 Å². The summed E-state index contributed by atoms with van der Waals surface area (Å²) in [6.45, 7) is 0. The third-order valence-corrected chi connectivity index (χ3v) is 5.23. The molecule has 4 N–H and O–H groups in total. The van der Waals surface area contributed by atoms with E-state index in [1.807, 2.05) is 24.3 Å². The Labute approximate surface area is 184 Å². The Morgan fingerprint density at radius 3 is 2.59 bits per heavy atom. The van der Waals surface area contributed by atoms with E-state index in [-0.39, 0.29) is 23.5 Å². The smallest absolute Gasteiger partial charge is 0.411 e. The first kappa shape index (κ1) is 21.1. The lowest BCUT2D eigenvalue weighted by Crippen LogP contribution is -2.39. The van der Waals surface area contributed by atoms with Crippen LogP contribution in [0.5, 0.6) is 5.75 Å². The fourth-order valence-electron chi connectivity index (χ4n) is 3.75. The maximum atomic E-state index is 13.0. The number of carbonyl (C=O) groups is 2. The van der Waals surface area contributed by atoms with Gasteiger partial charge in [-0.25, -0.2) is 9.78 Å². The van der Waals surface area contributed by atoms with E-state index < -0.39 is 12.0 Å². The van der Waals surface area contributed by atoms with E-state index in [4.69, 9.17) is 9.84 Å². The number of rotatable bonds is 6. The Kier molecular flexibility index (Phi) is 6.16. The summed E-state index contributed by atoms with van der Waals surface area (Å²) < 4.78 is 5.32. The predicted octanol–water partition coefficient (Wildman–Crippen LogP) is 3.61. The summed E-state index contributed by atoms with van der Waals surface area (Å²) in [5.74, 6) is 0.239. The molecular weight excluding hydrogens is 410 g/mol. The number of ether oxygens (including phenoxy) is 1. The van der Waals surface area contributed by atoms with Crippen molar-refractivity contribution in [3.63, 3.8) is 0 Å². The number of aromatic nitrogens is 2. The van der Waals surface area contributed by atoms with Crippen molar-refractivity contribution in [1.82, 2.24) is 15.3 Å². The first-order valence-electron chi connectivity index (χ1n) is 10.2. The zero-order valence-electron chi connectivity index (χ0n) is 17.5. The lowest BCUT2D eigenvalue weighted by molar-refractivity contribution is 0.0928. The molecule has 1 aliphatic rings. The van der Waals surface area contributed by atoms with Crippen molar-refractivity contribution in [2.45, 2.75) is 25.3 Å². The average molecular weight is 433 g/mol. The molecule has 32 heavy (non-hydrogen) atoms. The molecule has 0 spiro atoms. The number of carbonyl (C=O) groups excluding carboxylic acids is 1. The highest BCUT2D eigenvalue weighted by Crippen LogP contribution is 2.27. The number of carboxylic acid groups (broad SMARTS) is 1. The third-order valence-electron chi connectivity index (χ3n) is 5.23. The number of nitrogens with one attached hydrogen (secondary N) is 3. The van der Waals surface area contributed by atoms with Crippen LogP contribution in [0.15, 0.2) is 54.6 Å². The number of benzene rings is 2. The second-order valence-corrected chi connectivity index (χ2v) is 7.40. The molecular formula is C23H23N5O4. The number of hydrogen-bond acceptors (Lipinski definition) is 6. The van der Waals surface area contributed by atoms with E-state index in [1.165, 1.54) is 17.2 Å². The van der Waals surface area contributed by atoms with Crippen molar-refractivity contribution in [2.24, 2.45) is 0 Å². The molecule has 0 saturated carbocycles. The van der Waals surface area contributed by atoms with Gasteiger partial charge in [-0.15, -0.1) is 0 Å². The Balaban J connectivity index is 1.56. The normalized spacial score (nSPS) is 14.7. The van der Waals surface area contributed by atoms with Gasteiger partial charge in [-0.1, -0.05) is 36.4 Å². The molecule has 164 valence electrons. The molecule has 1 atom stereocenters. The number of anilines is 3. The zero-order chi connectivity index (χ0) is 22.5. The molecule has 0 radical (unpaired) electrons. The molecule has 0 saturated heterocycles. The van der Waals surface area contributed by atoms with Crippen molar-refractivity contribution in [1.29, 1.82) is 0 Å². The quantitative estimate of drug-likeness (QED) is 0.468. The van der Waals surface area contributed by atoms with Gasteiger partial charge in [-0.3, -0.25) is 10.1 Å². The lowest BCUT2D eigenvalue weighted by Gasteiger charge is -2.25. The van der Waals surface area contributed by atoms with E-state index in [0.717, 1.165) is 19.3 Å². The Morgan fingerprint density at radius 2 is 1.81 bits per heavy atom. The van der Waals surface area contributed by atoms with E-state index >= 15 is 0 Å². The minimum Gasteiger partial charge on any atom is -0.495 e. The summed E-state index contributed by atoms with van der Waals surface area (Å²) in [7, 11) is 1.54. The molecule has 4 rings (SSSR count). The van der Waals surface area contributed by atoms with Crippen molar-refractivity contribution in [2.75, 3.05) is 17.7 Å². The molecule has 2 amide bonds. The Hall–Kier alpha value is -4.14. The summed E-state index contributed by atoms with van der Waals surface area (Å²) >= 11 is 0. The summed E-state index contributed by atoms with van der Waals surface area (Å²) in [4.78, 5) is 32.3. The maximum absolute atomic E-state index is 13.0. The highest BCUT2D eigenvalue weighted by molar-refractivity contribution is 5.94. The Bertz CT molecular complexity index is 1150. The first-order chi connectivity index (χ1) is 15.5. The molecule has 9 heteroatoms. The summed E-state index contributed by atoms with van der Waals surface area (Å²) in [6.07, 6.45) is 1.12. The van der Waals surface area contributed by atoms with Crippen molar-refractivity contribution in [3.8, 4) is 5.75 Å². The van der Waals surface area contributed by atoms with Crippen LogP contribution in [-0.4, -0.2) is 40.2 Å². The van der Waals surface area contributed by atoms with Crippen LogP contribution in [-0.2, 0) is 12.8 Å². The SMILES string of the molecule is COc1ccccc1Nc1cc(C(=O)NC2CCc3ccccc3C2)nc(NC(=O)O)n1. The number of para-hydroxylation sites is 2. The van der Waals surface area contributed by atoms with E-state index in [2.05, 4.69) is 38.1 Å². The van der Waals surface area contributed by atoms with Crippen LogP contribution in [0.25, 0.3) is 0 Å². The van der Waals surface area contributed by atoms with Crippen LogP contribution in [0.4, 0.5) is 22.2 Å². The van der Waals surface area contributed by atoms with Crippen LogP contribution in [0.3, 0.4) is 0 Å². The van der Waals surface area contributed by atoms with Gasteiger partial charge in [0.2, 0.25) is 5.95 Å². The minimum atomic E-state index is -1.32. The van der Waals surface area contributed by atoms with Crippen molar-refractivity contribution < 1.29 is 19.4 Å². The summed E-state index contributed by atoms with van der Waals surface area (Å²) in [5.41, 5.74) is 3.19. The lowest BCUT2D eigenvalue weighted by atomic mass is 9.88. The number of hydrogen-bond donors (Lipinski definition) is 4. The van der Waals surface area contributed by atoms with Gasteiger partial charge >= 0.3 is 6.09 Å². The van der Waals surface area contributed by atoms with Crippen LogP contribution < -0.4 is 20.7 Å². The van der Waals surface area contributed by atoms with Gasteiger partial charge in [0.05, 0.1) is 12.8 Å². The molecule has 0 fully saturated rings. The van der Waals surface area contributed by atoms with E-state index in [9.17, 15) is 9.59 Å². The standard InChI is InChI=1S/C23H23N5O4/c1-32-19-9-5-4-8-17(19)25-20-13-18(26-22(27-20)28-23(30)31)21(29)24-16-11-10-14-6-2-3-7-15(14)12-16/h2-9,13,16H,10-12H2,1H3,(H,24,29)(H,30,31)(H2,25,26,27,28). The van der Waals surface area contributed by atoms with Gasteiger partial charge in [0, 0.05) is 12.1 Å². The van der Waals surface area contributed by atoms with E-state index in [0.29, 0.717) is 11.4 Å². The van der Waals surface area contributed by atoms with Crippen molar-refractivity contribution >= 4 is 29.5 Å². The minimum absolute atomic E-state index is 0.0334. The molecule has 1 unspecified atom stereocenters. The monoisotopic (exact) mass is 433 g/mol. The second kappa shape index (κ2) is 9.34. The molecule has 0 aliphatic heterocycles. The summed E-state index contributed by atoms with van der Waals surface area (Å²) in [6, 6.07) is 16.8. The number of methoxy groups -OCH3 is 1. The molecule has 1 aromatic heterocycles. The van der Waals surface area contributed by atoms with Crippen LogP contribution >= 0.6 is 0 Å². The van der Waals surface area contributed by atoms with Crippen LogP contribution in [0.1, 0.15) is 28.0 Å². The number of fused-ring (bicyclic) bond motifs is 1. The van der Waals surface area contributed by atoms with Crippen LogP contribution in [0.2, 0.25) is 0 Å². The average Bonchev–Trinajstić information content (AvgIpc) is 2.78. The van der Waals surface area contributed by atoms with Gasteiger partial charge in [0.1, 0.15) is 17.3 Å². The largest absolute Gasteiger partial charge is 0.495 e. The highest BCUT2D eigenvalue weighted by atomic mass is 16.5.